The molecule has 0 N–H and O–H groups in total. The van der Waals surface area contributed by atoms with Gasteiger partial charge in [0.1, 0.15) is 0 Å². The molecule has 0 aliphatic carbocycles. The summed E-state index contributed by atoms with van der Waals surface area (Å²) in [5.74, 6) is 0.0687. The topological polar surface area (TPSA) is 44.1 Å². The number of benzene rings is 1. The first-order chi connectivity index (χ1) is 9.58. The van der Waals surface area contributed by atoms with E-state index in [1.165, 1.54) is 0 Å². The summed E-state index contributed by atoms with van der Waals surface area (Å²) in [5, 5.41) is 10.7. The van der Waals surface area contributed by atoms with E-state index in [0.717, 1.165) is 14.9 Å². The lowest BCUT2D eigenvalue weighted by Gasteiger charge is -2.16. The Labute approximate surface area is 130 Å². The third-order valence-corrected chi connectivity index (χ3v) is 4.56. The Balaban J connectivity index is 1.95. The van der Waals surface area contributed by atoms with E-state index < -0.39 is 0 Å². The van der Waals surface area contributed by atoms with Gasteiger partial charge in [0.15, 0.2) is 0 Å². The molecule has 0 aliphatic rings. The first-order valence-electron chi connectivity index (χ1n) is 6.04. The highest BCUT2D eigenvalue weighted by Crippen LogP contribution is 2.21. The van der Waals surface area contributed by atoms with E-state index >= 15 is 0 Å². The van der Waals surface area contributed by atoms with Crippen LogP contribution in [0.1, 0.15) is 16.0 Å². The molecule has 0 saturated carbocycles. The van der Waals surface area contributed by atoms with Crippen molar-refractivity contribution in [2.75, 3.05) is 7.05 Å². The predicted molar refractivity (Wildman–Crippen MR) is 83.4 cm³/mol. The number of carbonyl (C=O) groups is 1. The summed E-state index contributed by atoms with van der Waals surface area (Å²) in [6.45, 7) is 0.616. The summed E-state index contributed by atoms with van der Waals surface area (Å²) in [6, 6.07) is 11.2. The minimum absolute atomic E-state index is 0.0687. The zero-order valence-corrected chi connectivity index (χ0v) is 13.4. The largest absolute Gasteiger partial charge is 0.340 e. The van der Waals surface area contributed by atoms with Gasteiger partial charge in [-0.1, -0.05) is 12.1 Å². The lowest BCUT2D eigenvalue weighted by Crippen LogP contribution is -2.27. The molecule has 0 spiro atoms. The number of nitriles is 1. The number of thiophene rings is 1. The molecule has 2 aromatic rings. The Morgan fingerprint density at radius 1 is 1.40 bits per heavy atom. The lowest BCUT2D eigenvalue weighted by molar-refractivity contribution is -0.129. The molecular formula is C15H13BrN2OS. The van der Waals surface area contributed by atoms with Gasteiger partial charge in [-0.25, -0.2) is 0 Å². The van der Waals surface area contributed by atoms with Crippen LogP contribution >= 0.6 is 27.3 Å². The molecule has 102 valence electrons. The molecule has 20 heavy (non-hydrogen) atoms. The van der Waals surface area contributed by atoms with Crippen LogP contribution in [0.25, 0.3) is 0 Å². The SMILES string of the molecule is CN(Cc1cc(Br)cs1)C(=O)Cc1ccc(C#N)cc1. The first kappa shape index (κ1) is 14.8. The van der Waals surface area contributed by atoms with Crippen LogP contribution in [0.2, 0.25) is 0 Å². The minimum atomic E-state index is 0.0687. The highest BCUT2D eigenvalue weighted by molar-refractivity contribution is 9.10. The van der Waals surface area contributed by atoms with E-state index in [-0.39, 0.29) is 5.91 Å². The van der Waals surface area contributed by atoms with Crippen LogP contribution in [0.5, 0.6) is 0 Å². The van der Waals surface area contributed by atoms with E-state index in [9.17, 15) is 4.79 Å². The molecule has 0 bridgehead atoms. The Bertz CT molecular complexity index is 643. The molecule has 1 heterocycles. The Morgan fingerprint density at radius 2 is 2.10 bits per heavy atom. The molecular weight excluding hydrogens is 336 g/mol. The van der Waals surface area contributed by atoms with Crippen molar-refractivity contribution >= 4 is 33.2 Å². The van der Waals surface area contributed by atoms with Gasteiger partial charge in [0.05, 0.1) is 24.6 Å². The number of nitrogens with zero attached hydrogens (tertiary/aromatic N) is 2. The summed E-state index contributed by atoms with van der Waals surface area (Å²) in [5.41, 5.74) is 1.53. The smallest absolute Gasteiger partial charge is 0.227 e. The molecule has 1 amide bonds. The van der Waals surface area contributed by atoms with Crippen LogP contribution in [-0.4, -0.2) is 17.9 Å². The third kappa shape index (κ3) is 3.92. The van der Waals surface area contributed by atoms with Gasteiger partial charge in [0, 0.05) is 21.8 Å². The van der Waals surface area contributed by atoms with E-state index in [0.29, 0.717) is 18.5 Å². The maximum Gasteiger partial charge on any atom is 0.227 e. The number of rotatable bonds is 4. The van der Waals surface area contributed by atoms with Crippen LogP contribution in [0.4, 0.5) is 0 Å². The quantitative estimate of drug-likeness (QED) is 0.847. The molecule has 0 radical (unpaired) electrons. The Morgan fingerprint density at radius 3 is 2.65 bits per heavy atom. The maximum atomic E-state index is 12.1. The highest BCUT2D eigenvalue weighted by Gasteiger charge is 2.11. The lowest BCUT2D eigenvalue weighted by atomic mass is 10.1. The van der Waals surface area contributed by atoms with E-state index in [1.807, 2.05) is 23.6 Å². The molecule has 2 rings (SSSR count). The fraction of sp³-hybridized carbons (Fsp3) is 0.200. The van der Waals surface area contributed by atoms with Crippen molar-refractivity contribution in [2.24, 2.45) is 0 Å². The molecule has 5 heteroatoms. The number of carbonyl (C=O) groups excluding carboxylic acids is 1. The van der Waals surface area contributed by atoms with Crippen LogP contribution in [0.15, 0.2) is 40.2 Å². The number of likely N-dealkylation sites (N-methyl/N-ethyl adjacent to an activating group) is 1. The van der Waals surface area contributed by atoms with Crippen molar-refractivity contribution in [3.8, 4) is 6.07 Å². The van der Waals surface area contributed by atoms with Gasteiger partial charge < -0.3 is 4.90 Å². The van der Waals surface area contributed by atoms with E-state index in [4.69, 9.17) is 5.26 Å². The molecule has 0 saturated heterocycles. The number of halogens is 1. The van der Waals surface area contributed by atoms with Gasteiger partial charge in [-0.2, -0.15) is 5.26 Å². The highest BCUT2D eigenvalue weighted by atomic mass is 79.9. The van der Waals surface area contributed by atoms with Crippen molar-refractivity contribution in [3.63, 3.8) is 0 Å². The molecule has 0 aliphatic heterocycles. The molecule has 0 atom stereocenters. The maximum absolute atomic E-state index is 12.1. The van der Waals surface area contributed by atoms with Gasteiger partial charge >= 0.3 is 0 Å². The summed E-state index contributed by atoms with van der Waals surface area (Å²) in [6.07, 6.45) is 0.356. The number of amides is 1. The summed E-state index contributed by atoms with van der Waals surface area (Å²) in [7, 11) is 1.81. The second-order valence-electron chi connectivity index (χ2n) is 4.47. The van der Waals surface area contributed by atoms with Gasteiger partial charge in [-0.15, -0.1) is 11.3 Å². The molecule has 1 aromatic carbocycles. The third-order valence-electron chi connectivity index (χ3n) is 2.88. The predicted octanol–water partition coefficient (Wildman–Crippen LogP) is 3.58. The first-order valence-corrected chi connectivity index (χ1v) is 7.71. The molecule has 3 nitrogen and oxygen atoms in total. The molecule has 1 aromatic heterocycles. The fourth-order valence-corrected chi connectivity index (χ4v) is 3.27. The Kier molecular flexibility index (Phi) is 4.94. The van der Waals surface area contributed by atoms with Gasteiger partial charge in [0.2, 0.25) is 5.91 Å². The minimum Gasteiger partial charge on any atom is -0.340 e. The zero-order chi connectivity index (χ0) is 14.5. The van der Waals surface area contributed by atoms with Crippen LogP contribution in [0.3, 0.4) is 0 Å². The van der Waals surface area contributed by atoms with Crippen molar-refractivity contribution in [1.82, 2.24) is 4.90 Å². The van der Waals surface area contributed by atoms with Crippen molar-refractivity contribution in [1.29, 1.82) is 5.26 Å². The molecule has 0 fully saturated rings. The van der Waals surface area contributed by atoms with Crippen LogP contribution < -0.4 is 0 Å². The standard InChI is InChI=1S/C15H13BrN2OS/c1-18(9-14-7-13(16)10-20-14)15(19)6-11-2-4-12(8-17)5-3-11/h2-5,7,10H,6,9H2,1H3. The monoisotopic (exact) mass is 348 g/mol. The van der Waals surface area contributed by atoms with E-state index in [2.05, 4.69) is 22.0 Å². The van der Waals surface area contributed by atoms with Gasteiger partial charge in [-0.3, -0.25) is 4.79 Å². The molecule has 0 unspecified atom stereocenters. The van der Waals surface area contributed by atoms with Crippen LogP contribution in [-0.2, 0) is 17.8 Å². The number of hydrogen-bond acceptors (Lipinski definition) is 3. The summed E-state index contributed by atoms with van der Waals surface area (Å²) in [4.78, 5) is 15.0. The second-order valence-corrected chi connectivity index (χ2v) is 6.38. The average molecular weight is 349 g/mol. The van der Waals surface area contributed by atoms with Crippen molar-refractivity contribution in [3.05, 3.63) is 56.2 Å². The van der Waals surface area contributed by atoms with E-state index in [1.54, 1.807) is 35.4 Å². The van der Waals surface area contributed by atoms with Gasteiger partial charge in [0.25, 0.3) is 0 Å². The van der Waals surface area contributed by atoms with Crippen molar-refractivity contribution < 1.29 is 4.79 Å². The normalized spacial score (nSPS) is 10.1. The summed E-state index contributed by atoms with van der Waals surface area (Å²) >= 11 is 5.04. The second kappa shape index (κ2) is 6.69. The Hall–Kier alpha value is -1.64. The number of hydrogen-bond donors (Lipinski definition) is 0. The van der Waals surface area contributed by atoms with Crippen molar-refractivity contribution in [2.45, 2.75) is 13.0 Å². The van der Waals surface area contributed by atoms with Gasteiger partial charge in [-0.05, 0) is 39.7 Å². The summed E-state index contributed by atoms with van der Waals surface area (Å²) < 4.78 is 1.05. The zero-order valence-electron chi connectivity index (χ0n) is 11.0. The van der Waals surface area contributed by atoms with Crippen LogP contribution in [0, 0.1) is 11.3 Å². The fourth-order valence-electron chi connectivity index (χ4n) is 1.77. The average Bonchev–Trinajstić information content (AvgIpc) is 2.85.